The Labute approximate surface area is 170 Å². The number of fused-ring (bicyclic) bond motifs is 1. The molecule has 0 saturated carbocycles. The molecule has 0 bridgehead atoms. The summed E-state index contributed by atoms with van der Waals surface area (Å²) in [5.74, 6) is 0.682. The van der Waals surface area contributed by atoms with E-state index in [2.05, 4.69) is 25.6 Å². The van der Waals surface area contributed by atoms with E-state index in [1.807, 2.05) is 43.3 Å². The monoisotopic (exact) mass is 410 g/mol. The van der Waals surface area contributed by atoms with Crippen molar-refractivity contribution in [3.8, 4) is 11.4 Å². The molecular weight excluding hydrogens is 396 g/mol. The first-order valence-electron chi connectivity index (χ1n) is 8.42. The Morgan fingerprint density at radius 3 is 2.89 bits per heavy atom. The maximum absolute atomic E-state index is 12.2. The normalized spacial score (nSPS) is 10.9. The van der Waals surface area contributed by atoms with Gasteiger partial charge in [0.05, 0.1) is 5.75 Å². The molecule has 4 aromatic rings. The van der Waals surface area contributed by atoms with Crippen molar-refractivity contribution in [3.05, 3.63) is 65.4 Å². The topological polar surface area (TPSA) is 85.1 Å². The number of carbonyl (C=O) groups excluding carboxylic acids is 1. The third kappa shape index (κ3) is 3.97. The number of nitrogens with zero attached hydrogens (tertiary/aromatic N) is 5. The predicted molar refractivity (Wildman–Crippen MR) is 110 cm³/mol. The molecule has 9 heteroatoms. The van der Waals surface area contributed by atoms with E-state index in [1.165, 1.54) is 11.8 Å². The number of hydrogen-bond donors (Lipinski definition) is 1. The summed E-state index contributed by atoms with van der Waals surface area (Å²) in [6.07, 6.45) is 3.40. The Morgan fingerprint density at radius 2 is 2.11 bits per heavy atom. The van der Waals surface area contributed by atoms with Crippen LogP contribution in [0.25, 0.3) is 17.0 Å². The minimum atomic E-state index is -0.136. The zero-order valence-corrected chi connectivity index (χ0v) is 16.4. The Kier molecular flexibility index (Phi) is 5.23. The Bertz CT molecular complexity index is 1150. The number of hydrogen-bond acceptors (Lipinski definition) is 6. The molecule has 140 valence electrons. The fourth-order valence-corrected chi connectivity index (χ4v) is 3.37. The molecule has 3 heterocycles. The van der Waals surface area contributed by atoms with Gasteiger partial charge in [-0.05, 0) is 48.9 Å². The number of anilines is 1. The highest BCUT2D eigenvalue weighted by Gasteiger charge is 2.11. The molecule has 0 unspecified atom stereocenters. The van der Waals surface area contributed by atoms with Crippen LogP contribution in [-0.2, 0) is 4.79 Å². The summed E-state index contributed by atoms with van der Waals surface area (Å²) in [5, 5.41) is 17.0. The summed E-state index contributed by atoms with van der Waals surface area (Å²) in [6, 6.07) is 12.8. The highest BCUT2D eigenvalue weighted by atomic mass is 35.5. The Hall–Kier alpha value is -2.97. The maximum Gasteiger partial charge on any atom is 0.234 e. The molecule has 0 fully saturated rings. The number of nitrogens with one attached hydrogen (secondary N) is 1. The van der Waals surface area contributed by atoms with Gasteiger partial charge in [-0.3, -0.25) is 9.78 Å². The van der Waals surface area contributed by atoms with Crippen molar-refractivity contribution in [2.24, 2.45) is 0 Å². The van der Waals surface area contributed by atoms with Crippen molar-refractivity contribution in [2.45, 2.75) is 11.9 Å². The molecule has 7 nitrogen and oxygen atoms in total. The summed E-state index contributed by atoms with van der Waals surface area (Å²) >= 11 is 7.42. The van der Waals surface area contributed by atoms with Crippen LogP contribution in [0.4, 0.5) is 5.69 Å². The zero-order valence-electron chi connectivity index (χ0n) is 14.8. The van der Waals surface area contributed by atoms with E-state index >= 15 is 0 Å². The maximum atomic E-state index is 12.2. The lowest BCUT2D eigenvalue weighted by Crippen LogP contribution is -2.14. The second-order valence-corrected chi connectivity index (χ2v) is 7.41. The third-order valence-electron chi connectivity index (χ3n) is 3.96. The van der Waals surface area contributed by atoms with Gasteiger partial charge in [0.2, 0.25) is 5.91 Å². The fraction of sp³-hybridized carbons (Fsp3) is 0.105. The average molecular weight is 411 g/mol. The van der Waals surface area contributed by atoms with Gasteiger partial charge in [-0.2, -0.15) is 9.61 Å². The number of aromatic nitrogens is 5. The third-order valence-corrected chi connectivity index (χ3v) is 5.29. The number of aryl methyl sites for hydroxylation is 1. The second kappa shape index (κ2) is 7.95. The summed E-state index contributed by atoms with van der Waals surface area (Å²) in [5.41, 5.74) is 3.08. The second-order valence-electron chi connectivity index (χ2n) is 6.01. The van der Waals surface area contributed by atoms with Crippen LogP contribution >= 0.6 is 23.4 Å². The molecule has 0 radical (unpaired) electrons. The van der Waals surface area contributed by atoms with Gasteiger partial charge in [0.25, 0.3) is 0 Å². The quantitative estimate of drug-likeness (QED) is 0.502. The first-order valence-corrected chi connectivity index (χ1v) is 9.78. The van der Waals surface area contributed by atoms with Crippen LogP contribution in [0.5, 0.6) is 0 Å². The molecular formula is C19H15ClN6OS. The van der Waals surface area contributed by atoms with E-state index in [-0.39, 0.29) is 11.7 Å². The van der Waals surface area contributed by atoms with Crippen molar-refractivity contribution in [3.63, 3.8) is 0 Å². The van der Waals surface area contributed by atoms with Crippen LogP contribution in [0.1, 0.15) is 5.56 Å². The van der Waals surface area contributed by atoms with Gasteiger partial charge < -0.3 is 5.32 Å². The van der Waals surface area contributed by atoms with Gasteiger partial charge in [-0.15, -0.1) is 10.2 Å². The molecule has 1 aromatic carbocycles. The molecule has 28 heavy (non-hydrogen) atoms. The van der Waals surface area contributed by atoms with Crippen LogP contribution in [0.2, 0.25) is 5.02 Å². The van der Waals surface area contributed by atoms with Gasteiger partial charge in [-0.25, -0.2) is 0 Å². The molecule has 4 rings (SSSR count). The van der Waals surface area contributed by atoms with E-state index in [1.54, 1.807) is 23.0 Å². The minimum absolute atomic E-state index is 0.136. The predicted octanol–water partition coefficient (Wildman–Crippen LogP) is 3.88. The van der Waals surface area contributed by atoms with E-state index in [4.69, 9.17) is 11.6 Å². The van der Waals surface area contributed by atoms with Crippen LogP contribution < -0.4 is 5.32 Å². The molecule has 0 saturated heterocycles. The molecule has 3 aromatic heterocycles. The van der Waals surface area contributed by atoms with Crippen molar-refractivity contribution in [1.29, 1.82) is 0 Å². The van der Waals surface area contributed by atoms with Crippen molar-refractivity contribution >= 4 is 40.6 Å². The Balaban J connectivity index is 1.47. The van der Waals surface area contributed by atoms with Crippen LogP contribution in [0, 0.1) is 6.92 Å². The smallest absolute Gasteiger partial charge is 0.234 e. The fourth-order valence-electron chi connectivity index (χ4n) is 2.53. The Morgan fingerprint density at radius 1 is 1.21 bits per heavy atom. The van der Waals surface area contributed by atoms with E-state index < -0.39 is 0 Å². The van der Waals surface area contributed by atoms with Crippen molar-refractivity contribution in [1.82, 2.24) is 24.8 Å². The number of benzene rings is 1. The standard InChI is InChI=1S/C19H15ClN6OS/c1-12-4-5-14(9-15(12)20)22-17(27)11-28-18-7-6-16-23-24-19(26(16)25-18)13-3-2-8-21-10-13/h2-10H,11H2,1H3,(H,22,27). The molecule has 1 amide bonds. The summed E-state index contributed by atoms with van der Waals surface area (Å²) in [4.78, 5) is 16.3. The summed E-state index contributed by atoms with van der Waals surface area (Å²) in [6.45, 7) is 1.91. The molecule has 0 aliphatic heterocycles. The summed E-state index contributed by atoms with van der Waals surface area (Å²) in [7, 11) is 0. The zero-order chi connectivity index (χ0) is 19.5. The van der Waals surface area contributed by atoms with Crippen LogP contribution in [-0.4, -0.2) is 36.5 Å². The molecule has 0 atom stereocenters. The molecule has 0 aliphatic rings. The lowest BCUT2D eigenvalue weighted by atomic mass is 10.2. The number of thioether (sulfide) groups is 1. The average Bonchev–Trinajstić information content (AvgIpc) is 3.13. The highest BCUT2D eigenvalue weighted by Crippen LogP contribution is 2.22. The largest absolute Gasteiger partial charge is 0.325 e. The van der Waals surface area contributed by atoms with E-state index in [9.17, 15) is 4.79 Å². The van der Waals surface area contributed by atoms with Gasteiger partial charge in [0.15, 0.2) is 11.5 Å². The van der Waals surface area contributed by atoms with Gasteiger partial charge >= 0.3 is 0 Å². The number of halogens is 1. The van der Waals surface area contributed by atoms with Crippen LogP contribution in [0.15, 0.2) is 59.9 Å². The lowest BCUT2D eigenvalue weighted by molar-refractivity contribution is -0.113. The first kappa shape index (κ1) is 18.4. The SMILES string of the molecule is Cc1ccc(NC(=O)CSc2ccc3nnc(-c4cccnc4)n3n2)cc1Cl. The molecule has 0 spiro atoms. The number of carbonyl (C=O) groups is 1. The lowest BCUT2D eigenvalue weighted by Gasteiger charge is -2.07. The number of amides is 1. The van der Waals surface area contributed by atoms with Gasteiger partial charge in [-0.1, -0.05) is 29.4 Å². The van der Waals surface area contributed by atoms with Crippen molar-refractivity contribution < 1.29 is 4.79 Å². The summed E-state index contributed by atoms with van der Waals surface area (Å²) < 4.78 is 1.65. The van der Waals surface area contributed by atoms with E-state index in [0.717, 1.165) is 11.1 Å². The first-order chi connectivity index (χ1) is 13.6. The number of pyridine rings is 1. The van der Waals surface area contributed by atoms with Gasteiger partial charge in [0, 0.05) is 28.7 Å². The highest BCUT2D eigenvalue weighted by molar-refractivity contribution is 7.99. The minimum Gasteiger partial charge on any atom is -0.325 e. The van der Waals surface area contributed by atoms with Crippen molar-refractivity contribution in [2.75, 3.05) is 11.1 Å². The van der Waals surface area contributed by atoms with E-state index in [0.29, 0.717) is 27.2 Å². The van der Waals surface area contributed by atoms with Gasteiger partial charge in [0.1, 0.15) is 5.03 Å². The van der Waals surface area contributed by atoms with Crippen LogP contribution in [0.3, 0.4) is 0 Å². The number of rotatable bonds is 5. The molecule has 1 N–H and O–H groups in total. The molecule has 0 aliphatic carbocycles.